The minimum atomic E-state index is -0.773. The summed E-state index contributed by atoms with van der Waals surface area (Å²) < 4.78 is 10.9. The first-order chi connectivity index (χ1) is 14.3. The standard InChI is InChI=1S/C21H22N4O4S/c1-5-28-20(26)17-15(10-30-19-14(9-22)11(2)8-12(3)23-19)24-21(27)25-18(17)16-7-6-13(4)29-16/h6-8,18H,5,10H2,1-4H3,(H2,24,25,27)/t18-/m0/s1. The molecule has 0 radical (unpaired) electrons. The van der Waals surface area contributed by atoms with Crippen molar-refractivity contribution in [3.63, 3.8) is 0 Å². The number of urea groups is 1. The predicted octanol–water partition coefficient (Wildman–Crippen LogP) is 3.43. The van der Waals surface area contributed by atoms with E-state index in [1.165, 1.54) is 11.8 Å². The molecule has 0 bridgehead atoms. The minimum absolute atomic E-state index is 0.192. The molecule has 0 spiro atoms. The highest BCUT2D eigenvalue weighted by Crippen LogP contribution is 2.32. The average Bonchev–Trinajstić information content (AvgIpc) is 3.12. The van der Waals surface area contributed by atoms with Crippen LogP contribution in [0, 0.1) is 32.1 Å². The topological polar surface area (TPSA) is 117 Å². The molecular weight excluding hydrogens is 404 g/mol. The Labute approximate surface area is 178 Å². The van der Waals surface area contributed by atoms with Crippen LogP contribution in [0.25, 0.3) is 0 Å². The van der Waals surface area contributed by atoms with Crippen LogP contribution in [0.3, 0.4) is 0 Å². The van der Waals surface area contributed by atoms with Crippen LogP contribution < -0.4 is 10.6 Å². The summed E-state index contributed by atoms with van der Waals surface area (Å²) in [7, 11) is 0. The van der Waals surface area contributed by atoms with Gasteiger partial charge in [-0.25, -0.2) is 14.6 Å². The molecule has 1 aliphatic heterocycles. The Balaban J connectivity index is 2.01. The second-order valence-electron chi connectivity index (χ2n) is 6.75. The van der Waals surface area contributed by atoms with Gasteiger partial charge in [-0.3, -0.25) is 0 Å². The number of aromatic nitrogens is 1. The monoisotopic (exact) mass is 426 g/mol. The Morgan fingerprint density at radius 1 is 1.37 bits per heavy atom. The summed E-state index contributed by atoms with van der Waals surface area (Å²) in [5.74, 6) is 0.779. The molecule has 30 heavy (non-hydrogen) atoms. The second-order valence-corrected chi connectivity index (χ2v) is 7.72. The van der Waals surface area contributed by atoms with Crippen molar-refractivity contribution in [2.45, 2.75) is 38.8 Å². The maximum atomic E-state index is 12.8. The van der Waals surface area contributed by atoms with Gasteiger partial charge in [0.1, 0.15) is 28.7 Å². The molecule has 156 valence electrons. The van der Waals surface area contributed by atoms with Gasteiger partial charge in [-0.15, -0.1) is 0 Å². The van der Waals surface area contributed by atoms with Gasteiger partial charge in [0.2, 0.25) is 0 Å². The van der Waals surface area contributed by atoms with Crippen molar-refractivity contribution in [3.8, 4) is 6.07 Å². The van der Waals surface area contributed by atoms with Gasteiger partial charge in [-0.1, -0.05) is 11.8 Å². The van der Waals surface area contributed by atoms with Gasteiger partial charge in [0.15, 0.2) is 0 Å². The molecule has 3 rings (SSSR count). The highest BCUT2D eigenvalue weighted by Gasteiger charge is 2.35. The van der Waals surface area contributed by atoms with E-state index in [0.717, 1.165) is 11.3 Å². The number of ether oxygens (including phenoxy) is 1. The normalized spacial score (nSPS) is 16.0. The van der Waals surface area contributed by atoms with Crippen molar-refractivity contribution < 1.29 is 18.7 Å². The number of thioether (sulfide) groups is 1. The van der Waals surface area contributed by atoms with E-state index in [-0.39, 0.29) is 17.9 Å². The van der Waals surface area contributed by atoms with Gasteiger partial charge in [0, 0.05) is 17.1 Å². The summed E-state index contributed by atoms with van der Waals surface area (Å²) in [5, 5.41) is 15.5. The van der Waals surface area contributed by atoms with Crippen LogP contribution in [0.1, 0.15) is 41.3 Å². The highest BCUT2D eigenvalue weighted by molar-refractivity contribution is 7.99. The SMILES string of the molecule is CCOC(=O)C1=C(CSc2nc(C)cc(C)c2C#N)NC(=O)N[C@H]1c1ccc(C)o1. The lowest BCUT2D eigenvalue weighted by molar-refractivity contribution is -0.139. The van der Waals surface area contributed by atoms with Crippen LogP contribution in [0.15, 0.2) is 38.9 Å². The molecule has 0 aromatic carbocycles. The molecule has 8 nitrogen and oxygen atoms in total. The average molecular weight is 426 g/mol. The van der Waals surface area contributed by atoms with Crippen LogP contribution in [0.2, 0.25) is 0 Å². The third kappa shape index (κ3) is 4.49. The van der Waals surface area contributed by atoms with E-state index < -0.39 is 18.0 Å². The molecule has 0 saturated heterocycles. The molecule has 3 heterocycles. The van der Waals surface area contributed by atoms with E-state index in [2.05, 4.69) is 21.7 Å². The van der Waals surface area contributed by atoms with Gasteiger partial charge in [0.25, 0.3) is 0 Å². The number of pyridine rings is 1. The second kappa shape index (κ2) is 9.05. The van der Waals surface area contributed by atoms with Gasteiger partial charge >= 0.3 is 12.0 Å². The molecule has 2 aromatic rings. The Kier molecular flexibility index (Phi) is 6.47. The van der Waals surface area contributed by atoms with Gasteiger partial charge < -0.3 is 19.8 Å². The molecule has 2 aromatic heterocycles. The maximum Gasteiger partial charge on any atom is 0.338 e. The number of nitriles is 1. The number of aryl methyl sites for hydroxylation is 3. The Morgan fingerprint density at radius 2 is 2.13 bits per heavy atom. The molecule has 1 aliphatic rings. The summed E-state index contributed by atoms with van der Waals surface area (Å²) in [4.78, 5) is 29.5. The Morgan fingerprint density at radius 3 is 2.77 bits per heavy atom. The molecule has 1 atom stereocenters. The molecule has 0 saturated carbocycles. The van der Waals surface area contributed by atoms with Gasteiger partial charge in [-0.05, 0) is 51.5 Å². The summed E-state index contributed by atoms with van der Waals surface area (Å²) in [6, 6.07) is 6.27. The summed E-state index contributed by atoms with van der Waals surface area (Å²) in [5.41, 5.74) is 2.74. The maximum absolute atomic E-state index is 12.8. The highest BCUT2D eigenvalue weighted by atomic mass is 32.2. The number of nitrogens with zero attached hydrogens (tertiary/aromatic N) is 2. The number of carbonyl (C=O) groups excluding carboxylic acids is 2. The molecule has 9 heteroatoms. The first-order valence-corrected chi connectivity index (χ1v) is 10.4. The number of esters is 1. The van der Waals surface area contributed by atoms with Crippen LogP contribution in [0.5, 0.6) is 0 Å². The lowest BCUT2D eigenvalue weighted by Crippen LogP contribution is -2.46. The summed E-state index contributed by atoms with van der Waals surface area (Å²) in [6.45, 7) is 7.39. The molecule has 2 N–H and O–H groups in total. The van der Waals surface area contributed by atoms with Crippen molar-refractivity contribution in [2.75, 3.05) is 12.4 Å². The van der Waals surface area contributed by atoms with E-state index in [1.54, 1.807) is 26.0 Å². The Bertz CT molecular complexity index is 1070. The molecular formula is C21H22N4O4S. The van der Waals surface area contributed by atoms with Crippen molar-refractivity contribution in [3.05, 3.63) is 57.8 Å². The van der Waals surface area contributed by atoms with Crippen LogP contribution >= 0.6 is 11.8 Å². The molecule has 2 amide bonds. The zero-order chi connectivity index (χ0) is 21.8. The number of hydrogen-bond acceptors (Lipinski definition) is 7. The first-order valence-electron chi connectivity index (χ1n) is 9.39. The third-order valence-electron chi connectivity index (χ3n) is 4.47. The van der Waals surface area contributed by atoms with Crippen LogP contribution in [0.4, 0.5) is 4.79 Å². The fourth-order valence-electron chi connectivity index (χ4n) is 3.19. The van der Waals surface area contributed by atoms with E-state index >= 15 is 0 Å². The van der Waals surface area contributed by atoms with Gasteiger partial charge in [-0.2, -0.15) is 5.26 Å². The third-order valence-corrected chi connectivity index (χ3v) is 5.47. The molecule has 0 aliphatic carbocycles. The summed E-state index contributed by atoms with van der Waals surface area (Å²) in [6.07, 6.45) is 0. The van der Waals surface area contributed by atoms with E-state index in [9.17, 15) is 14.9 Å². The van der Waals surface area contributed by atoms with E-state index in [4.69, 9.17) is 9.15 Å². The molecule has 0 unspecified atom stereocenters. The number of carbonyl (C=O) groups is 2. The number of rotatable bonds is 6. The zero-order valence-corrected chi connectivity index (χ0v) is 18.0. The lowest BCUT2D eigenvalue weighted by Gasteiger charge is -2.27. The minimum Gasteiger partial charge on any atom is -0.464 e. The van der Waals surface area contributed by atoms with E-state index in [1.807, 2.05) is 19.9 Å². The van der Waals surface area contributed by atoms with Crippen LogP contribution in [-0.4, -0.2) is 29.3 Å². The number of hydrogen-bond donors (Lipinski definition) is 2. The molecule has 0 fully saturated rings. The Hall–Kier alpha value is -3.25. The first kappa shape index (κ1) is 21.5. The van der Waals surface area contributed by atoms with Crippen molar-refractivity contribution in [1.29, 1.82) is 5.26 Å². The quantitative estimate of drug-likeness (QED) is 0.537. The lowest BCUT2D eigenvalue weighted by atomic mass is 10.0. The number of amides is 2. The van der Waals surface area contributed by atoms with Crippen molar-refractivity contribution in [2.24, 2.45) is 0 Å². The zero-order valence-electron chi connectivity index (χ0n) is 17.2. The van der Waals surface area contributed by atoms with Crippen molar-refractivity contribution >= 4 is 23.8 Å². The smallest absolute Gasteiger partial charge is 0.338 e. The fraction of sp³-hybridized carbons (Fsp3) is 0.333. The summed E-state index contributed by atoms with van der Waals surface area (Å²) >= 11 is 1.28. The van der Waals surface area contributed by atoms with Crippen molar-refractivity contribution in [1.82, 2.24) is 15.6 Å². The largest absolute Gasteiger partial charge is 0.464 e. The number of furan rings is 1. The van der Waals surface area contributed by atoms with Crippen LogP contribution in [-0.2, 0) is 9.53 Å². The van der Waals surface area contributed by atoms with E-state index in [0.29, 0.717) is 27.8 Å². The van der Waals surface area contributed by atoms with Gasteiger partial charge in [0.05, 0.1) is 17.7 Å². The number of nitrogens with one attached hydrogen (secondary N) is 2. The fourth-order valence-corrected chi connectivity index (χ4v) is 4.26. The predicted molar refractivity (Wildman–Crippen MR) is 111 cm³/mol.